The van der Waals surface area contributed by atoms with Gasteiger partial charge in [-0.1, -0.05) is 37.3 Å². The first-order valence-corrected chi connectivity index (χ1v) is 8.43. The van der Waals surface area contributed by atoms with Crippen LogP contribution in [0.1, 0.15) is 31.7 Å². The van der Waals surface area contributed by atoms with Gasteiger partial charge in [-0.25, -0.2) is 0 Å². The normalized spacial score (nSPS) is 26.6. The quantitative estimate of drug-likeness (QED) is 0.921. The standard InChI is InChI=1S/C18H28N2O/c1-2-17-14-20(12-13-21-17)15-18(8-10-19-11-9-18)16-6-4-3-5-7-16/h3-7,17,19H,2,8-15H2,1H3. The molecular weight excluding hydrogens is 260 g/mol. The van der Waals surface area contributed by atoms with Crippen molar-refractivity contribution in [3.8, 4) is 0 Å². The third-order valence-corrected chi connectivity index (χ3v) is 5.15. The molecule has 3 nitrogen and oxygen atoms in total. The Kier molecular flexibility index (Phi) is 4.94. The average Bonchev–Trinajstić information content (AvgIpc) is 2.57. The highest BCUT2D eigenvalue weighted by Gasteiger charge is 2.36. The molecule has 2 aliphatic heterocycles. The number of benzene rings is 1. The SMILES string of the molecule is CCC1CN(CC2(c3ccccc3)CCNCC2)CCO1. The minimum absolute atomic E-state index is 0.322. The van der Waals surface area contributed by atoms with Gasteiger partial charge in [0.1, 0.15) is 0 Å². The predicted octanol–water partition coefficient (Wildman–Crippen LogP) is 2.42. The first kappa shape index (κ1) is 15.0. The van der Waals surface area contributed by atoms with Gasteiger partial charge in [-0.15, -0.1) is 0 Å². The highest BCUT2D eigenvalue weighted by atomic mass is 16.5. The number of nitrogens with zero attached hydrogens (tertiary/aromatic N) is 1. The zero-order valence-electron chi connectivity index (χ0n) is 13.2. The Balaban J connectivity index is 1.76. The van der Waals surface area contributed by atoms with Crippen LogP contribution >= 0.6 is 0 Å². The van der Waals surface area contributed by atoms with E-state index in [1.54, 1.807) is 0 Å². The van der Waals surface area contributed by atoms with Gasteiger partial charge in [0.05, 0.1) is 12.7 Å². The third-order valence-electron chi connectivity index (χ3n) is 5.15. The zero-order valence-corrected chi connectivity index (χ0v) is 13.2. The fourth-order valence-electron chi connectivity index (χ4n) is 3.83. The molecule has 1 unspecified atom stereocenters. The van der Waals surface area contributed by atoms with Crippen molar-refractivity contribution < 1.29 is 4.74 Å². The monoisotopic (exact) mass is 288 g/mol. The first-order chi connectivity index (χ1) is 10.3. The molecule has 0 amide bonds. The van der Waals surface area contributed by atoms with Crippen LogP contribution < -0.4 is 5.32 Å². The van der Waals surface area contributed by atoms with Crippen LogP contribution in [0, 0.1) is 0 Å². The fourth-order valence-corrected chi connectivity index (χ4v) is 3.83. The van der Waals surface area contributed by atoms with Crippen molar-refractivity contribution in [1.29, 1.82) is 0 Å². The van der Waals surface area contributed by atoms with E-state index < -0.39 is 0 Å². The smallest absolute Gasteiger partial charge is 0.0700 e. The second-order valence-electron chi connectivity index (χ2n) is 6.53. The summed E-state index contributed by atoms with van der Waals surface area (Å²) < 4.78 is 5.83. The van der Waals surface area contributed by atoms with Gasteiger partial charge in [0.15, 0.2) is 0 Å². The zero-order chi connectivity index (χ0) is 14.5. The Morgan fingerprint density at radius 2 is 2.00 bits per heavy atom. The number of ether oxygens (including phenoxy) is 1. The Morgan fingerprint density at radius 3 is 2.71 bits per heavy atom. The third kappa shape index (κ3) is 3.47. The lowest BCUT2D eigenvalue weighted by Gasteiger charge is -2.44. The predicted molar refractivity (Wildman–Crippen MR) is 86.7 cm³/mol. The minimum Gasteiger partial charge on any atom is -0.376 e. The van der Waals surface area contributed by atoms with Crippen LogP contribution in [-0.4, -0.2) is 50.3 Å². The summed E-state index contributed by atoms with van der Waals surface area (Å²) in [5, 5.41) is 3.52. The number of hydrogen-bond acceptors (Lipinski definition) is 3. The van der Waals surface area contributed by atoms with Crippen molar-refractivity contribution in [3.05, 3.63) is 35.9 Å². The van der Waals surface area contributed by atoms with Gasteiger partial charge < -0.3 is 10.1 Å². The van der Waals surface area contributed by atoms with E-state index >= 15 is 0 Å². The van der Waals surface area contributed by atoms with Crippen LogP contribution in [0.3, 0.4) is 0 Å². The molecule has 0 spiro atoms. The second-order valence-corrected chi connectivity index (χ2v) is 6.53. The summed E-state index contributed by atoms with van der Waals surface area (Å²) in [5.41, 5.74) is 1.84. The maximum atomic E-state index is 5.83. The second kappa shape index (κ2) is 6.91. The highest BCUT2D eigenvalue weighted by molar-refractivity contribution is 5.27. The van der Waals surface area contributed by atoms with Gasteiger partial charge in [0.25, 0.3) is 0 Å². The van der Waals surface area contributed by atoms with E-state index in [0.29, 0.717) is 11.5 Å². The molecule has 1 atom stereocenters. The Morgan fingerprint density at radius 1 is 1.24 bits per heavy atom. The maximum Gasteiger partial charge on any atom is 0.0700 e. The van der Waals surface area contributed by atoms with Crippen LogP contribution in [-0.2, 0) is 10.2 Å². The van der Waals surface area contributed by atoms with Crippen LogP contribution in [0.25, 0.3) is 0 Å². The molecule has 3 heteroatoms. The number of piperidine rings is 1. The first-order valence-electron chi connectivity index (χ1n) is 8.43. The molecule has 1 N–H and O–H groups in total. The summed E-state index contributed by atoms with van der Waals surface area (Å²) >= 11 is 0. The van der Waals surface area contributed by atoms with E-state index in [9.17, 15) is 0 Å². The van der Waals surface area contributed by atoms with Crippen molar-refractivity contribution in [2.45, 2.75) is 37.7 Å². The van der Waals surface area contributed by atoms with E-state index in [1.807, 2.05) is 0 Å². The van der Waals surface area contributed by atoms with Crippen molar-refractivity contribution >= 4 is 0 Å². The molecule has 1 aromatic rings. The molecule has 1 aromatic carbocycles. The van der Waals surface area contributed by atoms with Crippen molar-refractivity contribution in [1.82, 2.24) is 10.2 Å². The summed E-state index contributed by atoms with van der Waals surface area (Å²) in [6, 6.07) is 11.1. The van der Waals surface area contributed by atoms with Crippen LogP contribution in [0.2, 0.25) is 0 Å². The molecule has 2 aliphatic rings. The summed E-state index contributed by atoms with van der Waals surface area (Å²) in [6.07, 6.45) is 4.03. The van der Waals surface area contributed by atoms with Gasteiger partial charge in [-0.3, -0.25) is 4.90 Å². The molecule has 0 radical (unpaired) electrons. The molecule has 2 heterocycles. The number of rotatable bonds is 4. The van der Waals surface area contributed by atoms with Gasteiger partial charge >= 0.3 is 0 Å². The minimum atomic E-state index is 0.322. The molecule has 0 bridgehead atoms. The van der Waals surface area contributed by atoms with Gasteiger partial charge in [0, 0.05) is 25.0 Å². The van der Waals surface area contributed by atoms with E-state index in [-0.39, 0.29) is 0 Å². The summed E-state index contributed by atoms with van der Waals surface area (Å²) in [4.78, 5) is 2.63. The van der Waals surface area contributed by atoms with E-state index in [4.69, 9.17) is 4.74 Å². The average molecular weight is 288 g/mol. The van der Waals surface area contributed by atoms with Gasteiger partial charge in [-0.05, 0) is 37.9 Å². The van der Waals surface area contributed by atoms with Gasteiger partial charge in [-0.2, -0.15) is 0 Å². The molecule has 21 heavy (non-hydrogen) atoms. The van der Waals surface area contributed by atoms with E-state index in [1.165, 1.54) is 24.9 Å². The largest absolute Gasteiger partial charge is 0.376 e. The Hall–Kier alpha value is -0.900. The molecule has 0 aromatic heterocycles. The van der Waals surface area contributed by atoms with Crippen molar-refractivity contribution in [2.75, 3.05) is 39.3 Å². The molecular formula is C18H28N2O. The van der Waals surface area contributed by atoms with E-state index in [2.05, 4.69) is 47.5 Å². The van der Waals surface area contributed by atoms with Crippen LogP contribution in [0.15, 0.2) is 30.3 Å². The molecule has 3 rings (SSSR count). The van der Waals surface area contributed by atoms with Gasteiger partial charge in [0.2, 0.25) is 0 Å². The topological polar surface area (TPSA) is 24.5 Å². The molecule has 0 saturated carbocycles. The molecule has 0 aliphatic carbocycles. The summed E-state index contributed by atoms with van der Waals surface area (Å²) in [7, 11) is 0. The fraction of sp³-hybridized carbons (Fsp3) is 0.667. The molecule has 116 valence electrons. The molecule has 2 fully saturated rings. The lowest BCUT2D eigenvalue weighted by Crippen LogP contribution is -2.52. The lowest BCUT2D eigenvalue weighted by atomic mass is 9.72. The van der Waals surface area contributed by atoms with Crippen molar-refractivity contribution in [3.63, 3.8) is 0 Å². The van der Waals surface area contributed by atoms with Crippen LogP contribution in [0.4, 0.5) is 0 Å². The Labute approximate surface area is 128 Å². The number of morpholine rings is 1. The molecule has 2 saturated heterocycles. The summed E-state index contributed by atoms with van der Waals surface area (Å²) in [6.45, 7) is 8.75. The summed E-state index contributed by atoms with van der Waals surface area (Å²) in [5.74, 6) is 0. The number of hydrogen-bond donors (Lipinski definition) is 1. The van der Waals surface area contributed by atoms with Crippen molar-refractivity contribution in [2.24, 2.45) is 0 Å². The maximum absolute atomic E-state index is 5.83. The number of nitrogens with one attached hydrogen (secondary N) is 1. The highest BCUT2D eigenvalue weighted by Crippen LogP contribution is 2.34. The van der Waals surface area contributed by atoms with E-state index in [0.717, 1.165) is 39.2 Å². The van der Waals surface area contributed by atoms with Crippen LogP contribution in [0.5, 0.6) is 0 Å². The Bertz CT molecular complexity index is 428. The lowest BCUT2D eigenvalue weighted by molar-refractivity contribution is -0.0380.